The third-order valence-corrected chi connectivity index (χ3v) is 3.26. The van der Waals surface area contributed by atoms with Gasteiger partial charge in [0.15, 0.2) is 0 Å². The number of benzene rings is 1. The minimum Gasteiger partial charge on any atom is -0.480 e. The number of allylic oxidation sites excluding steroid dienone is 1. The molecule has 5 N–H and O–H groups in total. The summed E-state index contributed by atoms with van der Waals surface area (Å²) < 4.78 is 11.1. The number of rotatable bonds is 5. The number of hydrogen-bond donors (Lipinski definition) is 4. The van der Waals surface area contributed by atoms with E-state index in [9.17, 15) is 9.36 Å². The summed E-state index contributed by atoms with van der Waals surface area (Å²) in [5.74, 6) is -1.28. The van der Waals surface area contributed by atoms with Crippen molar-refractivity contribution in [2.24, 2.45) is 5.73 Å². The summed E-state index contributed by atoms with van der Waals surface area (Å²) in [5, 5.41) is 9.20. The van der Waals surface area contributed by atoms with Gasteiger partial charge >= 0.3 is 13.6 Å². The van der Waals surface area contributed by atoms with Gasteiger partial charge in [-0.2, -0.15) is 0 Å². The maximum atomic E-state index is 11.1. The molecule has 0 spiro atoms. The lowest BCUT2D eigenvalue weighted by molar-refractivity contribution is -0.137. The van der Waals surface area contributed by atoms with Crippen LogP contribution < -0.4 is 5.73 Å². The normalized spacial score (nSPS) is 14.2. The topological polar surface area (TPSA) is 121 Å². The van der Waals surface area contributed by atoms with Gasteiger partial charge in [0.05, 0.1) is 6.16 Å². The number of carbonyl (C=O) groups is 1. The Hall–Kier alpha value is -1.17. The van der Waals surface area contributed by atoms with Gasteiger partial charge < -0.3 is 20.6 Å². The Bertz CT molecular complexity index is 537. The SMILES string of the molecule is NC(C=C(CP(=O)(O)O)c1ccc(Cl)cc1)C(=O)O. The fourth-order valence-corrected chi connectivity index (χ4v) is 2.27. The lowest BCUT2D eigenvalue weighted by Gasteiger charge is -2.11. The van der Waals surface area contributed by atoms with Gasteiger partial charge in [0, 0.05) is 5.02 Å². The fourth-order valence-electron chi connectivity index (χ4n) is 1.41. The van der Waals surface area contributed by atoms with Gasteiger partial charge in [-0.3, -0.25) is 9.36 Å². The number of carboxylic acid groups (broad SMARTS) is 1. The van der Waals surface area contributed by atoms with Crippen LogP contribution in [0.5, 0.6) is 0 Å². The molecule has 0 aliphatic heterocycles. The van der Waals surface area contributed by atoms with Crippen molar-refractivity contribution in [3.63, 3.8) is 0 Å². The van der Waals surface area contributed by atoms with Gasteiger partial charge in [-0.25, -0.2) is 0 Å². The predicted octanol–water partition coefficient (Wildman–Crippen LogP) is 1.31. The molecule has 0 saturated heterocycles. The van der Waals surface area contributed by atoms with Crippen LogP contribution in [0.3, 0.4) is 0 Å². The molecule has 0 heterocycles. The van der Waals surface area contributed by atoms with Crippen LogP contribution >= 0.6 is 19.2 Å². The molecule has 0 amide bonds. The largest absolute Gasteiger partial charge is 0.480 e. The van der Waals surface area contributed by atoms with Crippen molar-refractivity contribution in [2.75, 3.05) is 6.16 Å². The van der Waals surface area contributed by atoms with Gasteiger partial charge in [0.25, 0.3) is 0 Å². The zero-order valence-corrected chi connectivity index (χ0v) is 11.4. The standard InChI is InChI=1S/C11H13ClNO5P/c12-9-3-1-7(2-4-9)8(6-19(16,17)18)5-10(13)11(14)15/h1-5,10H,6,13H2,(H,14,15)(H2,16,17,18). The molecule has 0 aromatic heterocycles. The third-order valence-electron chi connectivity index (χ3n) is 2.26. The quantitative estimate of drug-likeness (QED) is 0.609. The van der Waals surface area contributed by atoms with E-state index in [1.165, 1.54) is 12.1 Å². The molecule has 1 atom stereocenters. The molecule has 1 aromatic carbocycles. The summed E-state index contributed by atoms with van der Waals surface area (Å²) in [6.07, 6.45) is 0.528. The van der Waals surface area contributed by atoms with E-state index in [-0.39, 0.29) is 5.57 Å². The van der Waals surface area contributed by atoms with E-state index >= 15 is 0 Å². The highest BCUT2D eigenvalue weighted by molar-refractivity contribution is 7.52. The molecule has 0 aliphatic rings. The average molecular weight is 306 g/mol. The molecule has 1 aromatic rings. The summed E-state index contributed by atoms with van der Waals surface area (Å²) in [6.45, 7) is 0. The van der Waals surface area contributed by atoms with Crippen molar-refractivity contribution >= 4 is 30.7 Å². The summed E-state index contributed by atoms with van der Waals surface area (Å²) in [4.78, 5) is 28.7. The molecule has 0 aliphatic carbocycles. The highest BCUT2D eigenvalue weighted by Gasteiger charge is 2.19. The average Bonchev–Trinajstić information content (AvgIpc) is 2.27. The molecular weight excluding hydrogens is 293 g/mol. The highest BCUT2D eigenvalue weighted by Crippen LogP contribution is 2.39. The van der Waals surface area contributed by atoms with Crippen LogP contribution in [0.2, 0.25) is 5.02 Å². The first-order valence-electron chi connectivity index (χ1n) is 5.18. The van der Waals surface area contributed by atoms with Crippen LogP contribution in [0.1, 0.15) is 5.56 Å². The smallest absolute Gasteiger partial charge is 0.329 e. The first-order chi connectivity index (χ1) is 8.69. The molecule has 1 unspecified atom stereocenters. The van der Waals surface area contributed by atoms with Crippen molar-refractivity contribution in [3.05, 3.63) is 40.9 Å². The first kappa shape index (κ1) is 15.9. The minimum absolute atomic E-state index is 0.167. The summed E-state index contributed by atoms with van der Waals surface area (Å²) in [5.41, 5.74) is 5.98. The first-order valence-corrected chi connectivity index (χ1v) is 7.36. The number of hydrogen-bond acceptors (Lipinski definition) is 3. The zero-order chi connectivity index (χ0) is 14.6. The second-order valence-electron chi connectivity index (χ2n) is 3.89. The van der Waals surface area contributed by atoms with Gasteiger partial charge in [0.1, 0.15) is 6.04 Å². The summed E-state index contributed by atoms with van der Waals surface area (Å²) in [7, 11) is -4.34. The van der Waals surface area contributed by atoms with Crippen molar-refractivity contribution in [1.29, 1.82) is 0 Å². The number of nitrogens with two attached hydrogens (primary N) is 1. The van der Waals surface area contributed by atoms with E-state index in [4.69, 9.17) is 32.2 Å². The Kier molecular flexibility index (Phi) is 5.29. The van der Waals surface area contributed by atoms with E-state index in [0.29, 0.717) is 10.6 Å². The molecule has 0 bridgehead atoms. The highest BCUT2D eigenvalue weighted by atomic mass is 35.5. The third kappa shape index (κ3) is 5.55. The van der Waals surface area contributed by atoms with Crippen molar-refractivity contribution < 1.29 is 24.3 Å². The van der Waals surface area contributed by atoms with Crippen molar-refractivity contribution in [2.45, 2.75) is 6.04 Å². The molecule has 6 nitrogen and oxygen atoms in total. The maximum absolute atomic E-state index is 11.1. The van der Waals surface area contributed by atoms with Crippen LogP contribution in [0.25, 0.3) is 5.57 Å². The van der Waals surface area contributed by atoms with E-state index in [2.05, 4.69) is 0 Å². The Balaban J connectivity index is 3.15. The van der Waals surface area contributed by atoms with Crippen LogP contribution in [0.4, 0.5) is 0 Å². The summed E-state index contributed by atoms with van der Waals surface area (Å²) >= 11 is 5.71. The van der Waals surface area contributed by atoms with Gasteiger partial charge in [0.2, 0.25) is 0 Å². The zero-order valence-electron chi connectivity index (χ0n) is 9.73. The minimum atomic E-state index is -4.34. The van der Waals surface area contributed by atoms with E-state index < -0.39 is 25.8 Å². The molecule has 1 rings (SSSR count). The molecule has 0 fully saturated rings. The van der Waals surface area contributed by atoms with Crippen molar-refractivity contribution in [3.8, 4) is 0 Å². The number of aliphatic carboxylic acids is 1. The lowest BCUT2D eigenvalue weighted by Crippen LogP contribution is -2.28. The molecule has 19 heavy (non-hydrogen) atoms. The molecule has 104 valence electrons. The maximum Gasteiger partial charge on any atom is 0.329 e. The Morgan fingerprint density at radius 1 is 1.37 bits per heavy atom. The van der Waals surface area contributed by atoms with Crippen LogP contribution in [-0.2, 0) is 9.36 Å². The molecule has 8 heteroatoms. The Morgan fingerprint density at radius 2 is 1.89 bits per heavy atom. The number of halogens is 1. The second-order valence-corrected chi connectivity index (χ2v) is 5.97. The molecule has 0 saturated carbocycles. The van der Waals surface area contributed by atoms with Crippen LogP contribution in [0, 0.1) is 0 Å². The van der Waals surface area contributed by atoms with Gasteiger partial charge in [-0.15, -0.1) is 0 Å². The number of carboxylic acids is 1. The van der Waals surface area contributed by atoms with E-state index in [1.807, 2.05) is 0 Å². The lowest BCUT2D eigenvalue weighted by atomic mass is 10.1. The fraction of sp³-hybridized carbons (Fsp3) is 0.182. The van der Waals surface area contributed by atoms with Crippen molar-refractivity contribution in [1.82, 2.24) is 0 Å². The van der Waals surface area contributed by atoms with Crippen LogP contribution in [-0.4, -0.2) is 33.1 Å². The second kappa shape index (κ2) is 6.32. The van der Waals surface area contributed by atoms with E-state index in [0.717, 1.165) is 6.08 Å². The predicted molar refractivity (Wildman–Crippen MR) is 72.0 cm³/mol. The Labute approximate surface area is 114 Å². The van der Waals surface area contributed by atoms with E-state index in [1.54, 1.807) is 12.1 Å². The van der Waals surface area contributed by atoms with Gasteiger partial charge in [-0.05, 0) is 23.3 Å². The monoisotopic (exact) mass is 305 g/mol. The molecular formula is C11H13ClNO5P. The van der Waals surface area contributed by atoms with Crippen LogP contribution in [0.15, 0.2) is 30.3 Å². The van der Waals surface area contributed by atoms with Gasteiger partial charge in [-0.1, -0.05) is 29.8 Å². The molecule has 0 radical (unpaired) electrons. The summed E-state index contributed by atoms with van der Waals surface area (Å²) in [6, 6.07) is 4.82. The Morgan fingerprint density at radius 3 is 2.32 bits per heavy atom.